The summed E-state index contributed by atoms with van der Waals surface area (Å²) >= 11 is 1.57. The van der Waals surface area contributed by atoms with Gasteiger partial charge in [-0.15, -0.1) is 11.3 Å². The Kier molecular flexibility index (Phi) is 8.60. The molecule has 0 aliphatic carbocycles. The van der Waals surface area contributed by atoms with Gasteiger partial charge in [0, 0.05) is 23.2 Å². The Labute approximate surface area is 198 Å². The summed E-state index contributed by atoms with van der Waals surface area (Å²) in [6.45, 7) is 6.62. The van der Waals surface area contributed by atoms with Gasteiger partial charge in [0.2, 0.25) is 5.91 Å². The van der Waals surface area contributed by atoms with E-state index >= 15 is 0 Å². The van der Waals surface area contributed by atoms with Crippen molar-refractivity contribution >= 4 is 29.0 Å². The molecule has 5 nitrogen and oxygen atoms in total. The number of thiophene rings is 1. The molecule has 3 aromatic rings. The van der Waals surface area contributed by atoms with Crippen LogP contribution in [0.15, 0.2) is 66.0 Å². The van der Waals surface area contributed by atoms with Gasteiger partial charge in [0.1, 0.15) is 12.4 Å². The number of hydrogen-bond donors (Lipinski definition) is 1. The van der Waals surface area contributed by atoms with Crippen molar-refractivity contribution < 1.29 is 14.0 Å². The number of nitrogens with one attached hydrogen (secondary N) is 1. The molecule has 0 spiro atoms. The minimum Gasteiger partial charge on any atom is -0.332 e. The first-order chi connectivity index (χ1) is 15.9. The van der Waals surface area contributed by atoms with Crippen LogP contribution in [0.4, 0.5) is 14.9 Å². The molecule has 1 unspecified atom stereocenters. The van der Waals surface area contributed by atoms with Crippen LogP contribution in [0.3, 0.4) is 0 Å². The molecule has 1 heterocycles. The lowest BCUT2D eigenvalue weighted by Crippen LogP contribution is -2.47. The zero-order valence-electron chi connectivity index (χ0n) is 19.3. The molecule has 1 aromatic heterocycles. The van der Waals surface area contributed by atoms with Gasteiger partial charge in [-0.05, 0) is 67.1 Å². The molecule has 1 atom stereocenters. The van der Waals surface area contributed by atoms with E-state index in [0.29, 0.717) is 18.8 Å². The van der Waals surface area contributed by atoms with Crippen LogP contribution in [0.5, 0.6) is 0 Å². The zero-order chi connectivity index (χ0) is 23.8. The lowest BCUT2D eigenvalue weighted by molar-refractivity contribution is -0.133. The summed E-state index contributed by atoms with van der Waals surface area (Å²) in [4.78, 5) is 30.9. The van der Waals surface area contributed by atoms with E-state index < -0.39 is 0 Å². The number of carbonyl (C=O) groups excluding carboxylic acids is 2. The van der Waals surface area contributed by atoms with Crippen molar-refractivity contribution in [2.24, 2.45) is 0 Å². The Morgan fingerprint density at radius 3 is 2.45 bits per heavy atom. The van der Waals surface area contributed by atoms with E-state index in [2.05, 4.69) is 5.32 Å². The highest BCUT2D eigenvalue weighted by Gasteiger charge is 2.25. The van der Waals surface area contributed by atoms with E-state index in [1.54, 1.807) is 33.3 Å². The summed E-state index contributed by atoms with van der Waals surface area (Å²) < 4.78 is 13.4. The number of urea groups is 1. The molecule has 0 aliphatic heterocycles. The predicted octanol–water partition coefficient (Wildman–Crippen LogP) is 6.06. The standard InChI is InChI=1S/C26H30FN3O2S/c1-4-20(3)30(26(32)28-23-8-5-7-19(2)15-23)18-25(31)29(17-24-9-6-14-33-24)16-21-10-12-22(27)13-11-21/h5-15,20H,4,16-18H2,1-3H3,(H,28,32). The molecule has 7 heteroatoms. The van der Waals surface area contributed by atoms with Crippen LogP contribution >= 0.6 is 11.3 Å². The fourth-order valence-electron chi connectivity index (χ4n) is 3.45. The molecular weight excluding hydrogens is 437 g/mol. The Bertz CT molecular complexity index is 1050. The number of benzene rings is 2. The van der Waals surface area contributed by atoms with Crippen molar-refractivity contribution in [1.29, 1.82) is 0 Å². The van der Waals surface area contributed by atoms with Gasteiger partial charge in [-0.3, -0.25) is 4.79 Å². The second kappa shape index (κ2) is 11.6. The Hall–Kier alpha value is -3.19. The average molecular weight is 468 g/mol. The van der Waals surface area contributed by atoms with E-state index in [-0.39, 0.29) is 30.3 Å². The highest BCUT2D eigenvalue weighted by molar-refractivity contribution is 7.09. The van der Waals surface area contributed by atoms with E-state index in [9.17, 15) is 14.0 Å². The van der Waals surface area contributed by atoms with Gasteiger partial charge in [0.05, 0.1) is 6.54 Å². The second-order valence-corrected chi connectivity index (χ2v) is 9.17. The van der Waals surface area contributed by atoms with Crippen molar-refractivity contribution in [1.82, 2.24) is 9.80 Å². The number of halogens is 1. The van der Waals surface area contributed by atoms with Gasteiger partial charge in [-0.25, -0.2) is 9.18 Å². The van der Waals surface area contributed by atoms with E-state index in [0.717, 1.165) is 22.4 Å². The molecule has 1 N–H and O–H groups in total. The lowest BCUT2D eigenvalue weighted by Gasteiger charge is -2.31. The third kappa shape index (κ3) is 7.15. The molecule has 0 saturated carbocycles. The summed E-state index contributed by atoms with van der Waals surface area (Å²) in [6, 6.07) is 17.2. The third-order valence-corrected chi connectivity index (χ3v) is 6.39. The van der Waals surface area contributed by atoms with Crippen LogP contribution in [0, 0.1) is 12.7 Å². The number of nitrogens with zero attached hydrogens (tertiary/aromatic N) is 2. The van der Waals surface area contributed by atoms with E-state index in [4.69, 9.17) is 0 Å². The molecule has 33 heavy (non-hydrogen) atoms. The van der Waals surface area contributed by atoms with Gasteiger partial charge < -0.3 is 15.1 Å². The monoisotopic (exact) mass is 467 g/mol. The highest BCUT2D eigenvalue weighted by atomic mass is 32.1. The summed E-state index contributed by atoms with van der Waals surface area (Å²) in [6.07, 6.45) is 0.720. The Morgan fingerprint density at radius 2 is 1.82 bits per heavy atom. The maximum absolute atomic E-state index is 13.4. The first kappa shape index (κ1) is 24.5. The van der Waals surface area contributed by atoms with Crippen molar-refractivity contribution in [3.8, 4) is 0 Å². The number of amides is 3. The van der Waals surface area contributed by atoms with Crippen molar-refractivity contribution in [3.05, 3.63) is 87.9 Å². The minimum atomic E-state index is -0.314. The van der Waals surface area contributed by atoms with Gasteiger partial charge in [0.15, 0.2) is 0 Å². The molecule has 3 amide bonds. The smallest absolute Gasteiger partial charge is 0.322 e. The molecule has 0 radical (unpaired) electrons. The van der Waals surface area contributed by atoms with Gasteiger partial charge in [-0.1, -0.05) is 37.3 Å². The molecule has 0 bridgehead atoms. The summed E-state index contributed by atoms with van der Waals surface area (Å²) in [5.41, 5.74) is 2.57. The lowest BCUT2D eigenvalue weighted by atomic mass is 10.2. The van der Waals surface area contributed by atoms with Crippen LogP contribution in [0.1, 0.15) is 36.3 Å². The zero-order valence-corrected chi connectivity index (χ0v) is 20.1. The summed E-state index contributed by atoms with van der Waals surface area (Å²) in [7, 11) is 0. The topological polar surface area (TPSA) is 52.7 Å². The minimum absolute atomic E-state index is 0.0424. The third-order valence-electron chi connectivity index (χ3n) is 5.52. The Morgan fingerprint density at radius 1 is 1.06 bits per heavy atom. The van der Waals surface area contributed by atoms with Crippen molar-refractivity contribution in [3.63, 3.8) is 0 Å². The van der Waals surface area contributed by atoms with Gasteiger partial charge in [-0.2, -0.15) is 0 Å². The van der Waals surface area contributed by atoms with E-state index in [1.165, 1.54) is 12.1 Å². The van der Waals surface area contributed by atoms with Gasteiger partial charge >= 0.3 is 6.03 Å². The molecule has 3 rings (SSSR count). The quantitative estimate of drug-likeness (QED) is 0.416. The predicted molar refractivity (Wildman–Crippen MR) is 132 cm³/mol. The van der Waals surface area contributed by atoms with Crippen molar-refractivity contribution in [2.75, 3.05) is 11.9 Å². The van der Waals surface area contributed by atoms with Crippen LogP contribution in [-0.4, -0.2) is 34.3 Å². The van der Waals surface area contributed by atoms with Crippen LogP contribution in [0.2, 0.25) is 0 Å². The molecule has 0 aliphatic rings. The number of aryl methyl sites for hydroxylation is 1. The molecule has 0 saturated heterocycles. The summed E-state index contributed by atoms with van der Waals surface area (Å²) in [5.74, 6) is -0.474. The number of carbonyl (C=O) groups is 2. The van der Waals surface area contributed by atoms with Crippen LogP contribution in [0.25, 0.3) is 0 Å². The van der Waals surface area contributed by atoms with Crippen molar-refractivity contribution in [2.45, 2.75) is 46.3 Å². The van der Waals surface area contributed by atoms with E-state index in [1.807, 2.05) is 62.5 Å². The molecule has 2 aromatic carbocycles. The maximum atomic E-state index is 13.4. The first-order valence-corrected chi connectivity index (χ1v) is 11.9. The Balaban J connectivity index is 1.77. The van der Waals surface area contributed by atoms with Gasteiger partial charge in [0.25, 0.3) is 0 Å². The first-order valence-electron chi connectivity index (χ1n) is 11.0. The fraction of sp³-hybridized carbons (Fsp3) is 0.308. The number of hydrogen-bond acceptors (Lipinski definition) is 3. The maximum Gasteiger partial charge on any atom is 0.322 e. The fourth-order valence-corrected chi connectivity index (χ4v) is 4.16. The average Bonchev–Trinajstić information content (AvgIpc) is 3.31. The normalized spacial score (nSPS) is 11.6. The SMILES string of the molecule is CCC(C)N(CC(=O)N(Cc1ccc(F)cc1)Cc1cccs1)C(=O)Nc1cccc(C)c1. The highest BCUT2D eigenvalue weighted by Crippen LogP contribution is 2.17. The summed E-state index contributed by atoms with van der Waals surface area (Å²) in [5, 5.41) is 4.89. The largest absolute Gasteiger partial charge is 0.332 e. The molecular formula is C26H30FN3O2S. The van der Waals surface area contributed by atoms with Crippen LogP contribution < -0.4 is 5.32 Å². The number of rotatable bonds is 9. The second-order valence-electron chi connectivity index (χ2n) is 8.14. The number of anilines is 1. The van der Waals surface area contributed by atoms with Crippen LogP contribution in [-0.2, 0) is 17.9 Å². The molecule has 0 fully saturated rings. The molecule has 174 valence electrons.